The number of benzene rings is 2. The molecule has 2 aliphatic heterocycles. The topological polar surface area (TPSA) is 115 Å². The van der Waals surface area contributed by atoms with E-state index in [0.717, 1.165) is 33.0 Å². The van der Waals surface area contributed by atoms with Crippen LogP contribution >= 0.6 is 11.3 Å². The van der Waals surface area contributed by atoms with Crippen LogP contribution in [0.4, 0.5) is 11.7 Å². The molecule has 2 aromatic heterocycles. The number of anilines is 2. The van der Waals surface area contributed by atoms with Gasteiger partial charge in [-0.05, 0) is 25.0 Å². The number of para-hydroxylation sites is 1. The van der Waals surface area contributed by atoms with E-state index in [1.807, 2.05) is 61.5 Å². The van der Waals surface area contributed by atoms with E-state index < -0.39 is 6.17 Å². The van der Waals surface area contributed by atoms with Gasteiger partial charge in [0.2, 0.25) is 6.17 Å². The number of carbonyl (C=O) groups is 1. The predicted molar refractivity (Wildman–Crippen MR) is 138 cm³/mol. The van der Waals surface area contributed by atoms with E-state index in [0.29, 0.717) is 30.3 Å². The van der Waals surface area contributed by atoms with Crippen LogP contribution in [-0.2, 0) is 9.53 Å². The minimum Gasteiger partial charge on any atom is -0.402 e. The molecular weight excluding hydrogens is 476 g/mol. The molecule has 36 heavy (non-hydrogen) atoms. The maximum atomic E-state index is 13.1. The minimum atomic E-state index is -0.976. The lowest BCUT2D eigenvalue weighted by atomic mass is 10.0. The zero-order valence-electron chi connectivity index (χ0n) is 19.4. The van der Waals surface area contributed by atoms with E-state index >= 15 is 0 Å². The average Bonchev–Trinajstić information content (AvgIpc) is 3.51. The molecule has 9 nitrogen and oxygen atoms in total. The maximum absolute atomic E-state index is 13.1. The lowest BCUT2D eigenvalue weighted by Gasteiger charge is -2.12. The van der Waals surface area contributed by atoms with Crippen LogP contribution in [0.25, 0.3) is 17.2 Å². The van der Waals surface area contributed by atoms with Gasteiger partial charge in [-0.3, -0.25) is 4.79 Å². The van der Waals surface area contributed by atoms with E-state index in [2.05, 4.69) is 31.9 Å². The van der Waals surface area contributed by atoms with Crippen molar-refractivity contribution in [1.82, 2.24) is 15.2 Å². The summed E-state index contributed by atoms with van der Waals surface area (Å²) in [5.74, 6) is -0.0421. The molecule has 0 spiro atoms. The molecule has 4 heterocycles. The zero-order valence-corrected chi connectivity index (χ0v) is 20.2. The van der Waals surface area contributed by atoms with Crippen LogP contribution in [0.1, 0.15) is 27.4 Å². The van der Waals surface area contributed by atoms with Gasteiger partial charge in [0.05, 0.1) is 34.5 Å². The summed E-state index contributed by atoms with van der Waals surface area (Å²) in [5.41, 5.74) is 4.90. The first-order chi connectivity index (χ1) is 17.7. The number of thiazole rings is 1. The molecular formula is C26H22N6O3S. The van der Waals surface area contributed by atoms with Crippen LogP contribution in [0.15, 0.2) is 70.1 Å². The number of nitrogens with zero attached hydrogens (tertiary/aromatic N) is 4. The molecule has 0 saturated heterocycles. The lowest BCUT2D eigenvalue weighted by molar-refractivity contribution is -0.116. The number of benzodiazepines with no additional fused rings is 1. The SMILES string of the molecule is Cc1nc(-c2nnc(N[C@H]3N=C(c4ccccc4)c4ccccc4NC3=O)o2)c(C2=CCOCC2)s1. The van der Waals surface area contributed by atoms with Gasteiger partial charge in [-0.1, -0.05) is 59.7 Å². The molecule has 2 aromatic carbocycles. The van der Waals surface area contributed by atoms with E-state index in [9.17, 15) is 4.79 Å². The fourth-order valence-corrected chi connectivity index (χ4v) is 5.18. The number of nitrogens with one attached hydrogen (secondary N) is 2. The summed E-state index contributed by atoms with van der Waals surface area (Å²) in [6, 6.07) is 17.4. The van der Waals surface area contributed by atoms with Gasteiger partial charge in [0.25, 0.3) is 11.8 Å². The van der Waals surface area contributed by atoms with Gasteiger partial charge in [-0.15, -0.1) is 16.4 Å². The van der Waals surface area contributed by atoms with Gasteiger partial charge in [-0.2, -0.15) is 0 Å². The third kappa shape index (κ3) is 4.32. The van der Waals surface area contributed by atoms with Crippen LogP contribution in [0.3, 0.4) is 0 Å². The molecule has 0 radical (unpaired) electrons. The van der Waals surface area contributed by atoms with Gasteiger partial charge in [0.1, 0.15) is 5.69 Å². The number of aryl methyl sites for hydroxylation is 1. The van der Waals surface area contributed by atoms with Crippen LogP contribution in [-0.4, -0.2) is 46.2 Å². The van der Waals surface area contributed by atoms with Gasteiger partial charge < -0.3 is 19.8 Å². The molecule has 180 valence electrons. The Morgan fingerprint density at radius 1 is 1.08 bits per heavy atom. The summed E-state index contributed by atoms with van der Waals surface area (Å²) < 4.78 is 11.4. The van der Waals surface area contributed by atoms with E-state index in [4.69, 9.17) is 14.1 Å². The average molecular weight is 499 g/mol. The Kier molecular flexibility index (Phi) is 5.88. The number of amides is 1. The number of rotatable bonds is 5. The third-order valence-electron chi connectivity index (χ3n) is 5.87. The van der Waals surface area contributed by atoms with Crippen molar-refractivity contribution in [3.05, 3.63) is 81.7 Å². The summed E-state index contributed by atoms with van der Waals surface area (Å²) >= 11 is 1.59. The maximum Gasteiger partial charge on any atom is 0.317 e. The van der Waals surface area contributed by atoms with Crippen molar-refractivity contribution < 1.29 is 13.9 Å². The van der Waals surface area contributed by atoms with E-state index in [1.54, 1.807) is 11.3 Å². The summed E-state index contributed by atoms with van der Waals surface area (Å²) in [6.45, 7) is 3.18. The molecule has 0 fully saturated rings. The van der Waals surface area contributed by atoms with Crippen molar-refractivity contribution in [1.29, 1.82) is 0 Å². The van der Waals surface area contributed by atoms with Crippen molar-refractivity contribution in [3.8, 4) is 11.6 Å². The Hall–Kier alpha value is -4.15. The normalized spacial score (nSPS) is 17.5. The highest BCUT2D eigenvalue weighted by atomic mass is 32.1. The second-order valence-corrected chi connectivity index (χ2v) is 9.51. The Bertz CT molecular complexity index is 1490. The standard InChI is InChI=1S/C26H22N6O3S/c1-15-27-21(22(36-15)17-11-13-34-14-12-17)25-31-32-26(35-25)30-23-24(33)28-19-10-6-5-9-18(19)20(29-23)16-7-3-2-4-8-16/h2-11,23H,12-14H2,1H3,(H,28,33)(H,30,32)/t23-/m1/s1. The van der Waals surface area contributed by atoms with Crippen molar-refractivity contribution >= 4 is 40.2 Å². The molecule has 0 aliphatic carbocycles. The number of carbonyl (C=O) groups excluding carboxylic acids is 1. The number of aliphatic imine (C=N–C) groups is 1. The first kappa shape index (κ1) is 22.3. The second kappa shape index (κ2) is 9.48. The van der Waals surface area contributed by atoms with Crippen LogP contribution < -0.4 is 10.6 Å². The fourth-order valence-electron chi connectivity index (χ4n) is 4.20. The molecule has 2 aliphatic rings. The Morgan fingerprint density at radius 3 is 2.75 bits per heavy atom. The van der Waals surface area contributed by atoms with Crippen molar-refractivity contribution in [2.45, 2.75) is 19.5 Å². The van der Waals surface area contributed by atoms with Crippen molar-refractivity contribution in [2.75, 3.05) is 23.8 Å². The minimum absolute atomic E-state index is 0.0878. The highest BCUT2D eigenvalue weighted by Crippen LogP contribution is 2.36. The molecule has 1 amide bonds. The van der Waals surface area contributed by atoms with Crippen LogP contribution in [0.2, 0.25) is 0 Å². The second-order valence-electron chi connectivity index (χ2n) is 8.30. The monoisotopic (exact) mass is 498 g/mol. The third-order valence-corrected chi connectivity index (χ3v) is 6.92. The van der Waals surface area contributed by atoms with Crippen LogP contribution in [0.5, 0.6) is 0 Å². The first-order valence-corrected chi connectivity index (χ1v) is 12.4. The van der Waals surface area contributed by atoms with E-state index in [-0.39, 0.29) is 17.8 Å². The first-order valence-electron chi connectivity index (χ1n) is 11.5. The molecule has 6 rings (SSSR count). The van der Waals surface area contributed by atoms with Crippen LogP contribution in [0, 0.1) is 6.92 Å². The smallest absolute Gasteiger partial charge is 0.317 e. The highest BCUT2D eigenvalue weighted by molar-refractivity contribution is 7.13. The Morgan fingerprint density at radius 2 is 1.92 bits per heavy atom. The molecule has 4 aromatic rings. The summed E-state index contributed by atoms with van der Waals surface area (Å²) in [5, 5.41) is 15.2. The number of ether oxygens (including phenoxy) is 1. The number of hydrogen-bond donors (Lipinski definition) is 2. The largest absolute Gasteiger partial charge is 0.402 e. The van der Waals surface area contributed by atoms with Gasteiger partial charge in [-0.25, -0.2) is 9.98 Å². The summed E-state index contributed by atoms with van der Waals surface area (Å²) in [6.07, 6.45) is 1.88. The molecule has 0 bridgehead atoms. The van der Waals surface area contributed by atoms with E-state index in [1.165, 1.54) is 0 Å². The highest BCUT2D eigenvalue weighted by Gasteiger charge is 2.28. The fraction of sp³-hybridized carbons (Fsp3) is 0.192. The quantitative estimate of drug-likeness (QED) is 0.415. The zero-order chi connectivity index (χ0) is 24.5. The molecule has 0 saturated carbocycles. The summed E-state index contributed by atoms with van der Waals surface area (Å²) in [4.78, 5) is 23.5. The summed E-state index contributed by atoms with van der Waals surface area (Å²) in [7, 11) is 0. The molecule has 10 heteroatoms. The Balaban J connectivity index is 1.33. The van der Waals surface area contributed by atoms with Crippen molar-refractivity contribution in [3.63, 3.8) is 0 Å². The number of fused-ring (bicyclic) bond motifs is 1. The van der Waals surface area contributed by atoms with Gasteiger partial charge >= 0.3 is 6.01 Å². The lowest BCUT2D eigenvalue weighted by Crippen LogP contribution is -2.32. The molecule has 0 unspecified atom stereocenters. The molecule has 2 N–H and O–H groups in total. The number of aromatic nitrogens is 3. The number of hydrogen-bond acceptors (Lipinski definition) is 9. The van der Waals surface area contributed by atoms with Gasteiger partial charge in [0.15, 0.2) is 0 Å². The molecule has 1 atom stereocenters. The van der Waals surface area contributed by atoms with Gasteiger partial charge in [0, 0.05) is 11.1 Å². The Labute approximate surface area is 211 Å². The van der Waals surface area contributed by atoms with Crippen molar-refractivity contribution in [2.24, 2.45) is 4.99 Å². The predicted octanol–water partition coefficient (Wildman–Crippen LogP) is 4.53.